The fourth-order valence-electron chi connectivity index (χ4n) is 9.37. The number of ether oxygens (including phenoxy) is 3. The number of carbonyl (C=O) groups is 1. The van der Waals surface area contributed by atoms with E-state index in [9.17, 15) is 25.1 Å². The zero-order valence-corrected chi connectivity index (χ0v) is 33.0. The van der Waals surface area contributed by atoms with E-state index in [1.54, 1.807) is 36.2 Å². The highest BCUT2D eigenvalue weighted by Crippen LogP contribution is 2.62. The van der Waals surface area contributed by atoms with Crippen LogP contribution < -0.4 is 9.47 Å². The number of hydrogen-bond acceptors (Lipinski definition) is 10. The molecule has 4 aromatic rings. The van der Waals surface area contributed by atoms with Gasteiger partial charge in [-0.05, 0) is 90.3 Å². The van der Waals surface area contributed by atoms with Crippen molar-refractivity contribution in [3.05, 3.63) is 130 Å². The van der Waals surface area contributed by atoms with Crippen molar-refractivity contribution in [2.75, 3.05) is 34.0 Å². The van der Waals surface area contributed by atoms with Crippen LogP contribution >= 0.6 is 0 Å². The number of nitro benzene ring substituents is 1. The van der Waals surface area contributed by atoms with Crippen LogP contribution in [-0.4, -0.2) is 77.5 Å². The number of nitrogens with zero attached hydrogens (tertiary/aromatic N) is 3. The molecule has 58 heavy (non-hydrogen) atoms. The molecule has 12 nitrogen and oxygen atoms in total. The molecule has 2 N–H and O–H groups in total. The summed E-state index contributed by atoms with van der Waals surface area (Å²) in [5.74, 6) is -0.901. The number of allylic oxidation sites excluding steroid dienone is 1. The lowest BCUT2D eigenvalue weighted by Crippen LogP contribution is -2.69. The van der Waals surface area contributed by atoms with Gasteiger partial charge >= 0.3 is 0 Å². The monoisotopic (exact) mass is 789 g/mol. The topological polar surface area (TPSA) is 153 Å². The minimum Gasteiger partial charge on any atom is -0.459 e. The molecule has 7 rings (SSSR count). The molecule has 1 amide bonds. The molecule has 12 heteroatoms. The number of aliphatic hydroxyl groups is 2. The van der Waals surface area contributed by atoms with Crippen molar-refractivity contribution in [2.45, 2.75) is 62.7 Å². The number of unbranched alkanes of at least 4 members (excludes halogenated alkanes) is 2. The van der Waals surface area contributed by atoms with Gasteiger partial charge < -0.3 is 34.2 Å². The second-order valence-corrected chi connectivity index (χ2v) is 15.3. The van der Waals surface area contributed by atoms with Crippen LogP contribution in [0.5, 0.6) is 17.2 Å². The standard InChI is InChI=1S/C46H51N3O9/c1-4-24-56-46-42(48(2)45(52)33-19-18-30-12-5-6-13-31(30)25-33)29-40(47-55-3)38-26-32(14-7-9-22-50)37(17-8-10-23-51)43(44(38)46)39-28-36(20-21-41(39)58-46)57-35-16-11-15-34(27-35)49(53)54/h4-6,11-13,15-16,18-21,25-28,32,37,42-44,50-51H,1,7-10,14,17,22-24,29H2,2-3H3/t32-,37+,42-,43+,44+,46+/m0/s1. The van der Waals surface area contributed by atoms with Gasteiger partial charge in [-0.15, -0.1) is 6.58 Å². The molecule has 4 aromatic carbocycles. The third kappa shape index (κ3) is 7.96. The molecule has 6 atom stereocenters. The van der Waals surface area contributed by atoms with Crippen molar-refractivity contribution >= 4 is 28.1 Å². The summed E-state index contributed by atoms with van der Waals surface area (Å²) in [4.78, 5) is 33.0. The van der Waals surface area contributed by atoms with Gasteiger partial charge in [-0.2, -0.15) is 0 Å². The molecular weight excluding hydrogens is 739 g/mol. The summed E-state index contributed by atoms with van der Waals surface area (Å²) in [7, 11) is 3.30. The van der Waals surface area contributed by atoms with Crippen LogP contribution in [0.4, 0.5) is 5.69 Å². The van der Waals surface area contributed by atoms with Gasteiger partial charge in [-0.25, -0.2) is 0 Å². The van der Waals surface area contributed by atoms with E-state index in [1.165, 1.54) is 19.2 Å². The van der Waals surface area contributed by atoms with E-state index in [0.717, 1.165) is 47.6 Å². The normalized spacial score (nSPS) is 23.9. The van der Waals surface area contributed by atoms with Crippen LogP contribution in [0.1, 0.15) is 66.8 Å². The van der Waals surface area contributed by atoms with Crippen LogP contribution in [0.3, 0.4) is 0 Å². The predicted molar refractivity (Wildman–Crippen MR) is 221 cm³/mol. The summed E-state index contributed by atoms with van der Waals surface area (Å²) in [5.41, 5.74) is 2.92. The third-order valence-corrected chi connectivity index (χ3v) is 11.9. The second-order valence-electron chi connectivity index (χ2n) is 15.3. The molecule has 0 radical (unpaired) electrons. The van der Waals surface area contributed by atoms with Crippen LogP contribution in [0.25, 0.3) is 10.8 Å². The molecule has 0 saturated heterocycles. The van der Waals surface area contributed by atoms with Crippen LogP contribution in [0.2, 0.25) is 0 Å². The molecule has 3 aliphatic rings. The first kappa shape index (κ1) is 40.6. The molecule has 0 aromatic heterocycles. The van der Waals surface area contributed by atoms with Gasteiger partial charge in [0.05, 0.1) is 29.2 Å². The first-order valence-electron chi connectivity index (χ1n) is 20.0. The number of hydrogen-bond donors (Lipinski definition) is 2. The Morgan fingerprint density at radius 3 is 2.48 bits per heavy atom. The second kappa shape index (κ2) is 17.9. The van der Waals surface area contributed by atoms with Crippen molar-refractivity contribution in [1.29, 1.82) is 0 Å². The Bertz CT molecular complexity index is 2200. The molecule has 1 heterocycles. The smallest absolute Gasteiger partial charge is 0.273 e. The number of non-ortho nitro benzene ring substituents is 1. The highest BCUT2D eigenvalue weighted by atomic mass is 16.7. The Labute approximate surface area is 338 Å². The van der Waals surface area contributed by atoms with E-state index in [2.05, 4.69) is 17.8 Å². The average molecular weight is 790 g/mol. The molecule has 1 aliphatic heterocycles. The van der Waals surface area contributed by atoms with Crippen LogP contribution in [-0.2, 0) is 9.57 Å². The molecule has 0 spiro atoms. The van der Waals surface area contributed by atoms with Crippen molar-refractivity contribution < 1.29 is 39.0 Å². The Balaban J connectivity index is 1.41. The van der Waals surface area contributed by atoms with E-state index in [4.69, 9.17) is 19.0 Å². The number of likely N-dealkylation sites (N-methyl/N-ethyl adjacent to an activating group) is 1. The molecule has 0 unspecified atom stereocenters. The van der Waals surface area contributed by atoms with Crippen molar-refractivity contribution in [1.82, 2.24) is 4.90 Å². The summed E-state index contributed by atoms with van der Waals surface area (Å²) in [6, 6.07) is 24.6. The summed E-state index contributed by atoms with van der Waals surface area (Å²) in [5, 5.41) is 37.9. The molecule has 1 fully saturated rings. The lowest BCUT2D eigenvalue weighted by molar-refractivity contribution is -0.384. The maximum Gasteiger partial charge on any atom is 0.273 e. The van der Waals surface area contributed by atoms with E-state index in [1.807, 2.05) is 54.6 Å². The number of rotatable bonds is 17. The molecule has 1 saturated carbocycles. The maximum absolute atomic E-state index is 14.7. The van der Waals surface area contributed by atoms with Gasteiger partial charge in [-0.3, -0.25) is 14.9 Å². The van der Waals surface area contributed by atoms with Gasteiger partial charge in [0, 0.05) is 49.8 Å². The predicted octanol–water partition coefficient (Wildman–Crippen LogP) is 8.58. The van der Waals surface area contributed by atoms with Gasteiger partial charge in [0.2, 0.25) is 5.79 Å². The van der Waals surface area contributed by atoms with E-state index in [-0.39, 0.29) is 55.6 Å². The lowest BCUT2D eigenvalue weighted by Gasteiger charge is -2.59. The molecule has 2 aliphatic carbocycles. The number of benzene rings is 4. The first-order valence-corrected chi connectivity index (χ1v) is 20.0. The van der Waals surface area contributed by atoms with E-state index >= 15 is 0 Å². The van der Waals surface area contributed by atoms with E-state index in [0.29, 0.717) is 41.4 Å². The Hall–Kier alpha value is -5.56. The van der Waals surface area contributed by atoms with Crippen LogP contribution in [0, 0.1) is 27.9 Å². The Morgan fingerprint density at radius 2 is 1.74 bits per heavy atom. The number of fused-ring (bicyclic) bond motifs is 3. The number of oxime groups is 1. The maximum atomic E-state index is 14.7. The molecule has 0 bridgehead atoms. The van der Waals surface area contributed by atoms with E-state index < -0.39 is 22.7 Å². The quantitative estimate of drug-likeness (QED) is 0.0464. The molecular formula is C46H51N3O9. The van der Waals surface area contributed by atoms with Gasteiger partial charge in [0.15, 0.2) is 0 Å². The molecule has 304 valence electrons. The third-order valence-electron chi connectivity index (χ3n) is 11.9. The van der Waals surface area contributed by atoms with Crippen molar-refractivity contribution in [3.8, 4) is 17.2 Å². The number of aliphatic hydroxyl groups excluding tert-OH is 2. The summed E-state index contributed by atoms with van der Waals surface area (Å²) in [6.07, 6.45) is 8.69. The fraction of sp³-hybridized carbons (Fsp3) is 0.391. The largest absolute Gasteiger partial charge is 0.459 e. The van der Waals surface area contributed by atoms with Crippen LogP contribution in [0.15, 0.2) is 114 Å². The summed E-state index contributed by atoms with van der Waals surface area (Å²) < 4.78 is 20.5. The highest BCUT2D eigenvalue weighted by molar-refractivity contribution is 6.04. The fourth-order valence-corrected chi connectivity index (χ4v) is 9.37. The van der Waals surface area contributed by atoms with Gasteiger partial charge in [0.25, 0.3) is 11.6 Å². The van der Waals surface area contributed by atoms with Crippen molar-refractivity contribution in [3.63, 3.8) is 0 Å². The minimum absolute atomic E-state index is 0.0189. The SMILES string of the molecule is C=CCO[C@@]12Oc3ccc(Oc4cccc([N+](=O)[O-])c4)cc3[C@H]3[C@H](CCCCO)[C@@H](CCCCO)C=C(C(=NOC)C[C@@H]1N(C)C(=O)c1ccc4ccccc4c1)[C@H]32. The Kier molecular flexibility index (Phi) is 12.6. The number of amides is 1. The zero-order valence-electron chi connectivity index (χ0n) is 33.0. The number of carbonyl (C=O) groups excluding carboxylic acids is 1. The summed E-state index contributed by atoms with van der Waals surface area (Å²) >= 11 is 0. The van der Waals surface area contributed by atoms with Crippen molar-refractivity contribution in [2.24, 2.45) is 22.9 Å². The Morgan fingerprint density at radius 1 is 0.983 bits per heavy atom. The van der Waals surface area contributed by atoms with Gasteiger partial charge in [-0.1, -0.05) is 66.5 Å². The first-order chi connectivity index (χ1) is 28.2. The minimum atomic E-state index is -1.40. The van der Waals surface area contributed by atoms with Gasteiger partial charge in [0.1, 0.15) is 30.4 Å². The zero-order chi connectivity index (χ0) is 40.8. The average Bonchev–Trinajstić information content (AvgIpc) is 3.24. The highest BCUT2D eigenvalue weighted by Gasteiger charge is 2.65. The summed E-state index contributed by atoms with van der Waals surface area (Å²) in [6.45, 7) is 4.29. The lowest BCUT2D eigenvalue weighted by atomic mass is 9.55. The number of nitro groups is 1.